The zero-order valence-electron chi connectivity index (χ0n) is 11.1. The summed E-state index contributed by atoms with van der Waals surface area (Å²) in [5.74, 6) is 0.166. The number of carbonyl (C=O) groups is 1. The second-order valence-electron chi connectivity index (χ2n) is 4.44. The first-order valence-corrected chi connectivity index (χ1v) is 7.02. The molecule has 5 heteroatoms. The number of nitrogens with zero attached hydrogens (tertiary/aromatic N) is 3. The van der Waals surface area contributed by atoms with E-state index in [0.29, 0.717) is 12.8 Å². The average molecular weight is 322 g/mol. The molecule has 0 unspecified atom stereocenters. The van der Waals surface area contributed by atoms with Crippen molar-refractivity contribution in [2.45, 2.75) is 26.2 Å². The largest absolute Gasteiger partial charge is 0.299 e. The molecule has 0 atom stereocenters. The average Bonchev–Trinajstić information content (AvgIpc) is 2.67. The molecule has 2 aromatic rings. The lowest BCUT2D eigenvalue weighted by molar-refractivity contribution is -0.117. The molecule has 0 N–H and O–H groups in total. The molecule has 0 radical (unpaired) electrons. The topological polar surface area (TPSA) is 47.8 Å². The predicted molar refractivity (Wildman–Crippen MR) is 76.9 cm³/mol. The number of hydrogen-bond acceptors (Lipinski definition) is 3. The summed E-state index contributed by atoms with van der Waals surface area (Å²) < 4.78 is 2.74. The number of hydrogen-bond donors (Lipinski definition) is 0. The number of carbonyl (C=O) groups excluding carboxylic acids is 1. The third-order valence-corrected chi connectivity index (χ3v) is 3.91. The molecule has 2 rings (SSSR count). The van der Waals surface area contributed by atoms with E-state index in [-0.39, 0.29) is 5.78 Å². The summed E-state index contributed by atoms with van der Waals surface area (Å²) in [6.07, 6.45) is 5.09. The Morgan fingerprint density at radius 3 is 2.79 bits per heavy atom. The van der Waals surface area contributed by atoms with Crippen LogP contribution in [0.15, 0.2) is 29.0 Å². The predicted octanol–water partition coefficient (Wildman–Crippen LogP) is 2.49. The van der Waals surface area contributed by atoms with Gasteiger partial charge in [-0.25, -0.2) is 0 Å². The van der Waals surface area contributed by atoms with Crippen LogP contribution < -0.4 is 0 Å². The number of aromatic nitrogens is 3. The normalized spacial score (nSPS) is 10.7. The smallest absolute Gasteiger partial charge is 0.143 e. The third-order valence-electron chi connectivity index (χ3n) is 2.99. The van der Waals surface area contributed by atoms with Gasteiger partial charge < -0.3 is 0 Å². The second-order valence-corrected chi connectivity index (χ2v) is 5.23. The van der Waals surface area contributed by atoms with Crippen molar-refractivity contribution in [1.82, 2.24) is 14.8 Å². The monoisotopic (exact) mass is 321 g/mol. The Labute approximate surface area is 121 Å². The Morgan fingerprint density at radius 2 is 2.21 bits per heavy atom. The van der Waals surface area contributed by atoms with Crippen LogP contribution in [0.4, 0.5) is 0 Å². The summed E-state index contributed by atoms with van der Waals surface area (Å²) in [5, 5.41) is 4.39. The SMILES string of the molecule is CCc1nn(C)c(CC(=O)Cc2cccnc2)c1Br. The van der Waals surface area contributed by atoms with Gasteiger partial charge in [0, 0.05) is 32.3 Å². The number of halogens is 1. The van der Waals surface area contributed by atoms with Crippen molar-refractivity contribution in [1.29, 1.82) is 0 Å². The summed E-state index contributed by atoms with van der Waals surface area (Å²) in [6.45, 7) is 2.05. The van der Waals surface area contributed by atoms with Crippen molar-refractivity contribution < 1.29 is 4.79 Å². The van der Waals surface area contributed by atoms with E-state index in [1.165, 1.54) is 0 Å². The van der Waals surface area contributed by atoms with Crippen LogP contribution in [-0.4, -0.2) is 20.5 Å². The van der Waals surface area contributed by atoms with Gasteiger partial charge in [0.05, 0.1) is 15.9 Å². The Morgan fingerprint density at radius 1 is 1.42 bits per heavy atom. The van der Waals surface area contributed by atoms with Gasteiger partial charge >= 0.3 is 0 Å². The van der Waals surface area contributed by atoms with Crippen LogP contribution in [0.1, 0.15) is 23.9 Å². The van der Waals surface area contributed by atoms with Crippen molar-refractivity contribution in [3.05, 3.63) is 46.0 Å². The van der Waals surface area contributed by atoms with Gasteiger partial charge in [0.2, 0.25) is 0 Å². The Balaban J connectivity index is 2.09. The highest BCUT2D eigenvalue weighted by molar-refractivity contribution is 9.10. The fraction of sp³-hybridized carbons (Fsp3) is 0.357. The molecule has 0 saturated carbocycles. The van der Waals surface area contributed by atoms with Crippen molar-refractivity contribution in [3.63, 3.8) is 0 Å². The van der Waals surface area contributed by atoms with Gasteiger partial charge in [-0.3, -0.25) is 14.5 Å². The van der Waals surface area contributed by atoms with Crippen LogP contribution in [0, 0.1) is 0 Å². The number of rotatable bonds is 5. The molecule has 0 amide bonds. The molecule has 0 aromatic carbocycles. The molecule has 0 spiro atoms. The summed E-state index contributed by atoms with van der Waals surface area (Å²) >= 11 is 3.53. The second kappa shape index (κ2) is 6.10. The zero-order valence-corrected chi connectivity index (χ0v) is 12.6. The standard InChI is InChI=1S/C14H16BrN3O/c1-3-12-14(15)13(18(2)17-12)8-11(19)7-10-5-4-6-16-9-10/h4-6,9H,3,7-8H2,1-2H3. The fourth-order valence-corrected chi connectivity index (χ4v) is 2.75. The van der Waals surface area contributed by atoms with E-state index in [2.05, 4.69) is 26.0 Å². The maximum Gasteiger partial charge on any atom is 0.143 e. The number of Topliss-reactive ketones (excluding diaryl/α,β-unsaturated/α-hetero) is 1. The number of pyridine rings is 1. The molecule has 0 bridgehead atoms. The summed E-state index contributed by atoms with van der Waals surface area (Å²) in [7, 11) is 1.87. The molecular weight excluding hydrogens is 306 g/mol. The molecule has 0 aliphatic heterocycles. The van der Waals surface area contributed by atoms with E-state index in [4.69, 9.17) is 0 Å². The molecule has 0 aliphatic carbocycles. The van der Waals surface area contributed by atoms with Crippen LogP contribution >= 0.6 is 15.9 Å². The van der Waals surface area contributed by atoms with Crippen molar-refractivity contribution in [2.24, 2.45) is 7.05 Å². The van der Waals surface area contributed by atoms with E-state index >= 15 is 0 Å². The molecule has 0 fully saturated rings. The maximum absolute atomic E-state index is 12.1. The molecule has 0 saturated heterocycles. The lowest BCUT2D eigenvalue weighted by atomic mass is 10.1. The van der Waals surface area contributed by atoms with Crippen molar-refractivity contribution in [2.75, 3.05) is 0 Å². The highest BCUT2D eigenvalue weighted by Gasteiger charge is 2.15. The third kappa shape index (κ3) is 3.29. The lowest BCUT2D eigenvalue weighted by Crippen LogP contribution is -2.10. The minimum atomic E-state index is 0.166. The Hall–Kier alpha value is -1.49. The summed E-state index contributed by atoms with van der Waals surface area (Å²) in [4.78, 5) is 16.1. The highest BCUT2D eigenvalue weighted by Crippen LogP contribution is 2.22. The number of aryl methyl sites for hydroxylation is 2. The molecule has 0 aliphatic rings. The van der Waals surface area contributed by atoms with E-state index in [0.717, 1.165) is 27.8 Å². The van der Waals surface area contributed by atoms with E-state index in [1.54, 1.807) is 17.1 Å². The zero-order chi connectivity index (χ0) is 13.8. The maximum atomic E-state index is 12.1. The van der Waals surface area contributed by atoms with Gasteiger partial charge in [-0.05, 0) is 34.0 Å². The van der Waals surface area contributed by atoms with Crippen molar-refractivity contribution in [3.8, 4) is 0 Å². The molecule has 19 heavy (non-hydrogen) atoms. The minimum absolute atomic E-state index is 0.166. The van der Waals surface area contributed by atoms with Crippen LogP contribution in [0.3, 0.4) is 0 Å². The molecule has 2 heterocycles. The van der Waals surface area contributed by atoms with Crippen LogP contribution in [0.25, 0.3) is 0 Å². The molecular formula is C14H16BrN3O. The fourth-order valence-electron chi connectivity index (χ4n) is 1.99. The first kappa shape index (κ1) is 13.9. The van der Waals surface area contributed by atoms with Gasteiger partial charge in [0.15, 0.2) is 0 Å². The summed E-state index contributed by atoms with van der Waals surface area (Å²) in [6, 6.07) is 3.76. The highest BCUT2D eigenvalue weighted by atomic mass is 79.9. The first-order chi connectivity index (χ1) is 9.11. The number of ketones is 1. The van der Waals surface area contributed by atoms with Gasteiger partial charge in [0.25, 0.3) is 0 Å². The van der Waals surface area contributed by atoms with Crippen LogP contribution in [0.2, 0.25) is 0 Å². The van der Waals surface area contributed by atoms with Gasteiger partial charge in [-0.2, -0.15) is 5.10 Å². The Bertz CT molecular complexity index is 578. The quantitative estimate of drug-likeness (QED) is 0.850. The molecule has 4 nitrogen and oxygen atoms in total. The van der Waals surface area contributed by atoms with Crippen molar-refractivity contribution >= 4 is 21.7 Å². The van der Waals surface area contributed by atoms with E-state index < -0.39 is 0 Å². The molecule has 100 valence electrons. The van der Waals surface area contributed by atoms with Crippen LogP contribution in [-0.2, 0) is 31.1 Å². The van der Waals surface area contributed by atoms with E-state index in [9.17, 15) is 4.79 Å². The van der Waals surface area contributed by atoms with Crippen LogP contribution in [0.5, 0.6) is 0 Å². The Kier molecular flexibility index (Phi) is 4.47. The van der Waals surface area contributed by atoms with E-state index in [1.807, 2.05) is 26.1 Å². The first-order valence-electron chi connectivity index (χ1n) is 6.22. The molecule has 2 aromatic heterocycles. The van der Waals surface area contributed by atoms with Gasteiger partial charge in [-0.1, -0.05) is 13.0 Å². The summed E-state index contributed by atoms with van der Waals surface area (Å²) in [5.41, 5.74) is 2.87. The minimum Gasteiger partial charge on any atom is -0.299 e. The lowest BCUT2D eigenvalue weighted by Gasteiger charge is -2.03. The van der Waals surface area contributed by atoms with Gasteiger partial charge in [-0.15, -0.1) is 0 Å². The van der Waals surface area contributed by atoms with Gasteiger partial charge in [0.1, 0.15) is 5.78 Å².